The lowest BCUT2D eigenvalue weighted by Gasteiger charge is -2.05. The molecule has 0 aliphatic heterocycles. The van der Waals surface area contributed by atoms with Crippen molar-refractivity contribution in [1.29, 1.82) is 0 Å². The van der Waals surface area contributed by atoms with E-state index in [1.165, 1.54) is 13.2 Å². The molecule has 1 N–H and O–H groups in total. The third-order valence-electron chi connectivity index (χ3n) is 2.84. The molecule has 7 nitrogen and oxygen atoms in total. The number of amides is 1. The second kappa shape index (κ2) is 8.54. The van der Waals surface area contributed by atoms with Crippen molar-refractivity contribution in [1.82, 2.24) is 4.98 Å². The smallest absolute Gasteiger partial charge is 0.341 e. The number of nitrogens with one attached hydrogen (secondary N) is 1. The number of hydrogen-bond acceptors (Lipinski definition) is 7. The van der Waals surface area contributed by atoms with E-state index in [0.717, 1.165) is 23.5 Å². The number of halogens is 2. The maximum absolute atomic E-state index is 13.6. The van der Waals surface area contributed by atoms with Crippen LogP contribution >= 0.6 is 22.9 Å². The van der Waals surface area contributed by atoms with Crippen LogP contribution in [0.3, 0.4) is 0 Å². The number of nitrogens with zero attached hydrogens (tertiary/aromatic N) is 1. The monoisotopic (exact) mass is 386 g/mol. The SMILES string of the molecule is COC(=O)Cc1csc(NC(=O)COC(=O)c2ccc(Cl)cc2F)n1. The molecule has 0 radical (unpaired) electrons. The second-order valence-corrected chi connectivity index (χ2v) is 5.94. The topological polar surface area (TPSA) is 94.6 Å². The molecule has 2 rings (SSSR count). The highest BCUT2D eigenvalue weighted by molar-refractivity contribution is 7.13. The standard InChI is InChI=1S/C15H12ClFN2O5S/c1-23-13(21)5-9-7-25-15(18-9)19-12(20)6-24-14(22)10-3-2-8(16)4-11(10)17/h2-4,7H,5-6H2,1H3,(H,18,19,20). The Balaban J connectivity index is 1.86. The highest BCUT2D eigenvalue weighted by Crippen LogP contribution is 2.17. The highest BCUT2D eigenvalue weighted by atomic mass is 35.5. The molecule has 0 fully saturated rings. The first-order valence-corrected chi connectivity index (χ1v) is 8.08. The lowest BCUT2D eigenvalue weighted by Crippen LogP contribution is -2.21. The summed E-state index contributed by atoms with van der Waals surface area (Å²) in [5.41, 5.74) is 0.110. The average molecular weight is 387 g/mol. The summed E-state index contributed by atoms with van der Waals surface area (Å²) in [6, 6.07) is 3.47. The molecule has 0 saturated carbocycles. The maximum Gasteiger partial charge on any atom is 0.341 e. The van der Waals surface area contributed by atoms with Gasteiger partial charge in [0.05, 0.1) is 24.8 Å². The summed E-state index contributed by atoms with van der Waals surface area (Å²) in [6.45, 7) is -0.618. The van der Waals surface area contributed by atoms with E-state index >= 15 is 0 Å². The van der Waals surface area contributed by atoms with Gasteiger partial charge in [-0.25, -0.2) is 14.2 Å². The minimum atomic E-state index is -0.991. The summed E-state index contributed by atoms with van der Waals surface area (Å²) in [4.78, 5) is 38.6. The van der Waals surface area contributed by atoms with Gasteiger partial charge in [-0.3, -0.25) is 14.9 Å². The number of esters is 2. The quantitative estimate of drug-likeness (QED) is 0.766. The minimum absolute atomic E-state index is 0.0201. The molecule has 2 aromatic rings. The van der Waals surface area contributed by atoms with E-state index in [9.17, 15) is 18.8 Å². The number of aromatic nitrogens is 1. The van der Waals surface area contributed by atoms with Crippen molar-refractivity contribution in [2.24, 2.45) is 0 Å². The summed E-state index contributed by atoms with van der Waals surface area (Å²) in [5.74, 6) is -2.94. The van der Waals surface area contributed by atoms with E-state index in [2.05, 4.69) is 15.0 Å². The molecular formula is C15H12ClFN2O5S. The van der Waals surface area contributed by atoms with Gasteiger partial charge in [-0.15, -0.1) is 11.3 Å². The number of methoxy groups -OCH3 is 1. The van der Waals surface area contributed by atoms with Crippen LogP contribution in [0.1, 0.15) is 16.1 Å². The van der Waals surface area contributed by atoms with Gasteiger partial charge in [0.25, 0.3) is 5.91 Å². The Bertz CT molecular complexity index is 811. The molecule has 0 atom stereocenters. The molecule has 132 valence electrons. The molecule has 1 aromatic carbocycles. The first-order chi connectivity index (χ1) is 11.9. The van der Waals surface area contributed by atoms with Gasteiger partial charge in [0.1, 0.15) is 5.82 Å². The zero-order chi connectivity index (χ0) is 18.4. The predicted octanol–water partition coefficient (Wildman–Crippen LogP) is 2.45. The van der Waals surface area contributed by atoms with Crippen molar-refractivity contribution in [3.8, 4) is 0 Å². The fourth-order valence-corrected chi connectivity index (χ4v) is 2.57. The molecule has 1 heterocycles. The molecular weight excluding hydrogens is 375 g/mol. The average Bonchev–Trinajstić information content (AvgIpc) is 2.99. The number of benzene rings is 1. The van der Waals surface area contributed by atoms with Crippen molar-refractivity contribution >= 4 is 45.9 Å². The zero-order valence-electron chi connectivity index (χ0n) is 12.9. The van der Waals surface area contributed by atoms with E-state index in [0.29, 0.717) is 5.69 Å². The normalized spacial score (nSPS) is 10.2. The molecule has 25 heavy (non-hydrogen) atoms. The van der Waals surface area contributed by atoms with E-state index < -0.39 is 30.3 Å². The molecule has 0 bridgehead atoms. The third-order valence-corrected chi connectivity index (χ3v) is 3.88. The molecule has 1 aromatic heterocycles. The van der Waals surface area contributed by atoms with Crippen LogP contribution in [0.25, 0.3) is 0 Å². The zero-order valence-corrected chi connectivity index (χ0v) is 14.4. The fourth-order valence-electron chi connectivity index (χ4n) is 1.68. The number of ether oxygens (including phenoxy) is 2. The Hall–Kier alpha value is -2.52. The Morgan fingerprint density at radius 2 is 2.12 bits per heavy atom. The number of carbonyl (C=O) groups is 3. The summed E-state index contributed by atoms with van der Waals surface area (Å²) in [5, 5.41) is 4.36. The maximum atomic E-state index is 13.6. The summed E-state index contributed by atoms with van der Waals surface area (Å²) >= 11 is 6.69. The predicted molar refractivity (Wildman–Crippen MR) is 88.2 cm³/mol. The van der Waals surface area contributed by atoms with Gasteiger partial charge < -0.3 is 9.47 Å². The van der Waals surface area contributed by atoms with Crippen LogP contribution < -0.4 is 5.32 Å². The van der Waals surface area contributed by atoms with Crippen molar-refractivity contribution in [2.75, 3.05) is 19.0 Å². The van der Waals surface area contributed by atoms with Crippen LogP contribution in [0.2, 0.25) is 5.02 Å². The Labute approximate surface area is 150 Å². The molecule has 0 aliphatic carbocycles. The molecule has 0 spiro atoms. The largest absolute Gasteiger partial charge is 0.469 e. The first kappa shape index (κ1) is 18.8. The lowest BCUT2D eigenvalue weighted by molar-refractivity contribution is -0.139. The fraction of sp³-hybridized carbons (Fsp3) is 0.200. The van der Waals surface area contributed by atoms with Crippen molar-refractivity contribution in [3.63, 3.8) is 0 Å². The molecule has 10 heteroatoms. The molecule has 0 unspecified atom stereocenters. The van der Waals surface area contributed by atoms with Gasteiger partial charge in [-0.1, -0.05) is 11.6 Å². The Morgan fingerprint density at radius 1 is 1.36 bits per heavy atom. The number of carbonyl (C=O) groups excluding carboxylic acids is 3. The minimum Gasteiger partial charge on any atom is -0.469 e. The van der Waals surface area contributed by atoms with Gasteiger partial charge in [0, 0.05) is 10.4 Å². The molecule has 0 saturated heterocycles. The number of thiazole rings is 1. The van der Waals surface area contributed by atoms with Crippen LogP contribution in [0.4, 0.5) is 9.52 Å². The third kappa shape index (κ3) is 5.50. The van der Waals surface area contributed by atoms with Crippen molar-refractivity contribution in [2.45, 2.75) is 6.42 Å². The Morgan fingerprint density at radius 3 is 2.80 bits per heavy atom. The summed E-state index contributed by atoms with van der Waals surface area (Å²) < 4.78 is 22.8. The Kier molecular flexibility index (Phi) is 6.43. The highest BCUT2D eigenvalue weighted by Gasteiger charge is 2.16. The van der Waals surface area contributed by atoms with E-state index in [-0.39, 0.29) is 22.1 Å². The van der Waals surface area contributed by atoms with Gasteiger partial charge in [0.15, 0.2) is 11.7 Å². The number of rotatable bonds is 6. The van der Waals surface area contributed by atoms with Crippen LogP contribution in [0.15, 0.2) is 23.6 Å². The van der Waals surface area contributed by atoms with Crippen molar-refractivity contribution < 1.29 is 28.2 Å². The van der Waals surface area contributed by atoms with E-state index in [1.807, 2.05) is 0 Å². The first-order valence-electron chi connectivity index (χ1n) is 6.82. The number of anilines is 1. The lowest BCUT2D eigenvalue weighted by atomic mass is 10.2. The van der Waals surface area contributed by atoms with Gasteiger partial charge >= 0.3 is 11.9 Å². The van der Waals surface area contributed by atoms with E-state index in [1.54, 1.807) is 5.38 Å². The summed E-state index contributed by atoms with van der Waals surface area (Å²) in [6.07, 6.45) is -0.0201. The molecule has 0 aliphatic rings. The van der Waals surface area contributed by atoms with Crippen LogP contribution in [0.5, 0.6) is 0 Å². The van der Waals surface area contributed by atoms with Gasteiger partial charge in [0.2, 0.25) is 0 Å². The van der Waals surface area contributed by atoms with Crippen LogP contribution in [-0.2, 0) is 25.5 Å². The molecule has 1 amide bonds. The van der Waals surface area contributed by atoms with Crippen LogP contribution in [0, 0.1) is 5.82 Å². The summed E-state index contributed by atoms with van der Waals surface area (Å²) in [7, 11) is 1.26. The van der Waals surface area contributed by atoms with Gasteiger partial charge in [-0.05, 0) is 18.2 Å². The van der Waals surface area contributed by atoms with Crippen molar-refractivity contribution in [3.05, 3.63) is 45.7 Å². The van der Waals surface area contributed by atoms with Gasteiger partial charge in [-0.2, -0.15) is 0 Å². The number of hydrogen-bond donors (Lipinski definition) is 1. The second-order valence-electron chi connectivity index (χ2n) is 4.65. The van der Waals surface area contributed by atoms with Crippen LogP contribution in [-0.4, -0.2) is 36.5 Å². The van der Waals surface area contributed by atoms with E-state index in [4.69, 9.17) is 16.3 Å².